The molecule has 0 heterocycles. The van der Waals surface area contributed by atoms with Gasteiger partial charge in [-0.2, -0.15) is 13.2 Å². The van der Waals surface area contributed by atoms with Crippen molar-refractivity contribution in [3.8, 4) is 0 Å². The van der Waals surface area contributed by atoms with Gasteiger partial charge < -0.3 is 15.7 Å². The van der Waals surface area contributed by atoms with E-state index in [0.29, 0.717) is 11.8 Å². The maximum absolute atomic E-state index is 13.0. The summed E-state index contributed by atoms with van der Waals surface area (Å²) in [5.74, 6) is -1.39. The molecule has 0 saturated heterocycles. The smallest absolute Gasteiger partial charge is 0.382 e. The Labute approximate surface area is 152 Å². The Morgan fingerprint density at radius 2 is 1.74 bits per heavy atom. The summed E-state index contributed by atoms with van der Waals surface area (Å²) in [5, 5.41) is 15.2. The van der Waals surface area contributed by atoms with Crippen LogP contribution >= 0.6 is 0 Å². The number of nitrogens with one attached hydrogen (secondary N) is 2. The largest absolute Gasteiger partial charge is 0.407 e. The van der Waals surface area contributed by atoms with E-state index in [1.165, 1.54) is 31.2 Å². The number of anilines is 2. The number of hydrogen-bond donors (Lipinski definition) is 3. The van der Waals surface area contributed by atoms with Gasteiger partial charge >= 0.3 is 6.18 Å². The molecule has 9 heteroatoms. The number of carbonyl (C=O) groups is 1. The fourth-order valence-corrected chi connectivity index (χ4v) is 2.13. The molecule has 0 radical (unpaired) electrons. The molecule has 142 valence electrons. The highest BCUT2D eigenvalue weighted by molar-refractivity contribution is 5.97. The number of carbonyl (C=O) groups excluding carboxylic acids is 1. The van der Waals surface area contributed by atoms with Crippen molar-refractivity contribution in [2.45, 2.75) is 18.7 Å². The first-order valence-electron chi connectivity index (χ1n) is 7.65. The minimum absolute atomic E-state index is 0.207. The predicted molar refractivity (Wildman–Crippen MR) is 91.8 cm³/mol. The summed E-state index contributed by atoms with van der Waals surface area (Å²) in [6.45, 7) is 7.70. The summed E-state index contributed by atoms with van der Waals surface area (Å²) in [6, 6.07) is 7.91. The number of rotatable bonds is 5. The summed E-state index contributed by atoms with van der Waals surface area (Å²) in [4.78, 5) is 15.0. The van der Waals surface area contributed by atoms with Gasteiger partial charge in [0.2, 0.25) is 0 Å². The highest BCUT2D eigenvalue weighted by Gasteiger charge is 2.35. The molecule has 1 atom stereocenters. The van der Waals surface area contributed by atoms with Crippen LogP contribution in [0.1, 0.15) is 12.5 Å². The van der Waals surface area contributed by atoms with Gasteiger partial charge in [-0.15, -0.1) is 0 Å². The van der Waals surface area contributed by atoms with Crippen LogP contribution in [0.3, 0.4) is 0 Å². The van der Waals surface area contributed by atoms with Crippen molar-refractivity contribution in [3.63, 3.8) is 0 Å². The van der Waals surface area contributed by atoms with Crippen LogP contribution in [0.2, 0.25) is 0 Å². The quantitative estimate of drug-likeness (QED) is 0.537. The van der Waals surface area contributed by atoms with Gasteiger partial charge in [0.15, 0.2) is 11.3 Å². The van der Waals surface area contributed by atoms with Gasteiger partial charge in [0.25, 0.3) is 5.91 Å². The molecule has 0 saturated carbocycles. The summed E-state index contributed by atoms with van der Waals surface area (Å²) in [7, 11) is 0. The van der Waals surface area contributed by atoms with Crippen molar-refractivity contribution < 1.29 is 27.5 Å². The minimum atomic E-state index is -4.76. The van der Waals surface area contributed by atoms with Crippen molar-refractivity contribution in [3.05, 3.63) is 65.3 Å². The Bertz CT molecular complexity index is 872. The van der Waals surface area contributed by atoms with Crippen LogP contribution in [0.5, 0.6) is 0 Å². The van der Waals surface area contributed by atoms with E-state index in [2.05, 4.69) is 15.5 Å². The van der Waals surface area contributed by atoms with E-state index in [-0.39, 0.29) is 12.2 Å². The van der Waals surface area contributed by atoms with E-state index in [1.807, 2.05) is 0 Å². The van der Waals surface area contributed by atoms with Gasteiger partial charge in [-0.05, 0) is 43.3 Å². The molecule has 0 aromatic heterocycles. The molecule has 0 aliphatic heterocycles. The molecule has 2 rings (SSSR count). The molecule has 27 heavy (non-hydrogen) atoms. The van der Waals surface area contributed by atoms with Crippen molar-refractivity contribution in [2.24, 2.45) is 0 Å². The zero-order valence-corrected chi connectivity index (χ0v) is 14.1. The average molecular weight is 381 g/mol. The van der Waals surface area contributed by atoms with Crippen molar-refractivity contribution in [1.29, 1.82) is 0 Å². The fourth-order valence-electron chi connectivity index (χ4n) is 2.13. The fraction of sp³-hybridized carbons (Fsp3) is 0.222. The van der Waals surface area contributed by atoms with Crippen molar-refractivity contribution in [1.82, 2.24) is 0 Å². The number of benzene rings is 2. The predicted octanol–water partition coefficient (Wildman–Crippen LogP) is 4.20. The van der Waals surface area contributed by atoms with Crippen LogP contribution in [0.4, 0.5) is 34.6 Å². The van der Waals surface area contributed by atoms with E-state index in [1.54, 1.807) is 0 Å². The lowest BCUT2D eigenvalue weighted by molar-refractivity contribution is -0.137. The minimum Gasteiger partial charge on any atom is -0.382 e. The first-order valence-corrected chi connectivity index (χ1v) is 7.65. The standard InChI is InChI=1S/C18H15F4N3O2/c1-17(27,10-24-12-5-3-11(19)4-6-12)16(26)25-13-7-8-15(23-2)14(9-13)18(20,21)22/h3-9,24,27H,10H2,1H3,(H,25,26)/t17-/m0/s1. The van der Waals surface area contributed by atoms with Gasteiger partial charge in [-0.3, -0.25) is 4.79 Å². The number of nitrogens with zero attached hydrogens (tertiary/aromatic N) is 1. The third kappa shape index (κ3) is 5.18. The normalized spacial score (nSPS) is 13.4. The van der Waals surface area contributed by atoms with Crippen LogP contribution in [-0.2, 0) is 11.0 Å². The molecule has 1 amide bonds. The van der Waals surface area contributed by atoms with Crippen molar-refractivity contribution >= 4 is 23.0 Å². The van der Waals surface area contributed by atoms with Crippen LogP contribution in [0, 0.1) is 12.4 Å². The maximum atomic E-state index is 13.0. The molecule has 0 aliphatic carbocycles. The Morgan fingerprint density at radius 1 is 1.15 bits per heavy atom. The second kappa shape index (κ2) is 7.63. The van der Waals surface area contributed by atoms with Crippen LogP contribution in [0.25, 0.3) is 4.85 Å². The second-order valence-electron chi connectivity index (χ2n) is 5.93. The number of hydrogen-bond acceptors (Lipinski definition) is 3. The molecule has 0 spiro atoms. The van der Waals surface area contributed by atoms with E-state index < -0.39 is 34.8 Å². The van der Waals surface area contributed by atoms with Crippen LogP contribution < -0.4 is 10.6 Å². The van der Waals surface area contributed by atoms with Gasteiger partial charge in [0, 0.05) is 11.4 Å². The molecular weight excluding hydrogens is 366 g/mol. The van der Waals surface area contributed by atoms with E-state index in [9.17, 15) is 27.5 Å². The molecule has 0 aliphatic rings. The number of aliphatic hydroxyl groups is 1. The maximum Gasteiger partial charge on any atom is 0.407 e. The van der Waals surface area contributed by atoms with Gasteiger partial charge in [0.1, 0.15) is 5.82 Å². The summed E-state index contributed by atoms with van der Waals surface area (Å²) in [6.07, 6.45) is -4.76. The molecule has 0 bridgehead atoms. The highest BCUT2D eigenvalue weighted by Crippen LogP contribution is 2.38. The SMILES string of the molecule is [C-]#[N+]c1ccc(NC(=O)[C@@](C)(O)CNc2ccc(F)cc2)cc1C(F)(F)F. The van der Waals surface area contributed by atoms with E-state index in [0.717, 1.165) is 12.1 Å². The first kappa shape index (κ1) is 20.2. The van der Waals surface area contributed by atoms with E-state index in [4.69, 9.17) is 6.57 Å². The number of amides is 1. The number of alkyl halides is 3. The number of halogens is 4. The summed E-state index contributed by atoms with van der Waals surface area (Å²) in [5.41, 5.74) is -3.50. The topological polar surface area (TPSA) is 65.7 Å². The molecule has 2 aromatic carbocycles. The molecule has 3 N–H and O–H groups in total. The molecule has 0 fully saturated rings. The van der Waals surface area contributed by atoms with Gasteiger partial charge in [-0.25, -0.2) is 9.24 Å². The van der Waals surface area contributed by atoms with Crippen LogP contribution in [0.15, 0.2) is 42.5 Å². The summed E-state index contributed by atoms with van der Waals surface area (Å²) >= 11 is 0. The third-order valence-corrected chi connectivity index (χ3v) is 3.65. The molecule has 0 unspecified atom stereocenters. The molecule has 5 nitrogen and oxygen atoms in total. The Kier molecular flexibility index (Phi) is 5.71. The first-order chi connectivity index (χ1) is 12.5. The Balaban J connectivity index is 2.11. The van der Waals surface area contributed by atoms with Gasteiger partial charge in [-0.1, -0.05) is 6.07 Å². The Hall–Kier alpha value is -3.12. The van der Waals surface area contributed by atoms with E-state index >= 15 is 0 Å². The summed E-state index contributed by atoms with van der Waals surface area (Å²) < 4.78 is 51.8. The Morgan fingerprint density at radius 3 is 2.30 bits per heavy atom. The molecular formula is C18H15F4N3O2. The van der Waals surface area contributed by atoms with Crippen LogP contribution in [-0.4, -0.2) is 23.2 Å². The average Bonchev–Trinajstić information content (AvgIpc) is 2.60. The molecule has 2 aromatic rings. The zero-order valence-electron chi connectivity index (χ0n) is 14.1. The zero-order chi connectivity index (χ0) is 20.2. The lowest BCUT2D eigenvalue weighted by Gasteiger charge is -2.23. The van der Waals surface area contributed by atoms with Gasteiger partial charge in [0.05, 0.1) is 18.7 Å². The monoisotopic (exact) mass is 381 g/mol. The highest BCUT2D eigenvalue weighted by atomic mass is 19.4. The lowest BCUT2D eigenvalue weighted by atomic mass is 10.1. The second-order valence-corrected chi connectivity index (χ2v) is 5.93. The van der Waals surface area contributed by atoms with Crippen molar-refractivity contribution in [2.75, 3.05) is 17.2 Å². The third-order valence-electron chi connectivity index (χ3n) is 3.65. The lowest BCUT2D eigenvalue weighted by Crippen LogP contribution is -2.45.